The van der Waals surface area contributed by atoms with Crippen molar-refractivity contribution in [3.05, 3.63) is 88.1 Å². The molecule has 0 unspecified atom stereocenters. The fourth-order valence-corrected chi connectivity index (χ4v) is 5.66. The molecule has 6 nitrogen and oxygen atoms in total. The van der Waals surface area contributed by atoms with Gasteiger partial charge >= 0.3 is 0 Å². The maximum Gasteiger partial charge on any atom is 0.251 e. The zero-order valence-corrected chi connectivity index (χ0v) is 19.3. The summed E-state index contributed by atoms with van der Waals surface area (Å²) in [6.45, 7) is 2.07. The Balaban J connectivity index is 1.41. The first kappa shape index (κ1) is 22.7. The number of ether oxygens (including phenoxy) is 1. The van der Waals surface area contributed by atoms with Crippen LogP contribution in [0.25, 0.3) is 0 Å². The van der Waals surface area contributed by atoms with Crippen LogP contribution in [0, 0.1) is 0 Å². The first-order chi connectivity index (χ1) is 15.5. The first-order valence-corrected chi connectivity index (χ1v) is 12.9. The van der Waals surface area contributed by atoms with Gasteiger partial charge < -0.3 is 10.1 Å². The highest BCUT2D eigenvalue weighted by atomic mass is 32.2. The van der Waals surface area contributed by atoms with Crippen molar-refractivity contribution in [1.29, 1.82) is 0 Å². The summed E-state index contributed by atoms with van der Waals surface area (Å²) < 4.78 is 33.2. The van der Waals surface area contributed by atoms with Crippen molar-refractivity contribution in [3.8, 4) is 0 Å². The molecule has 4 rings (SSSR count). The molecule has 168 valence electrons. The van der Waals surface area contributed by atoms with Gasteiger partial charge in [-0.05, 0) is 54.1 Å². The van der Waals surface area contributed by atoms with Gasteiger partial charge in [-0.15, -0.1) is 11.3 Å². The van der Waals surface area contributed by atoms with E-state index in [9.17, 15) is 13.2 Å². The molecule has 1 aliphatic heterocycles. The van der Waals surface area contributed by atoms with Gasteiger partial charge in [-0.3, -0.25) is 4.79 Å². The molecule has 0 atom stereocenters. The van der Waals surface area contributed by atoms with Crippen LogP contribution in [0.2, 0.25) is 0 Å². The quantitative estimate of drug-likeness (QED) is 0.526. The molecule has 1 fully saturated rings. The maximum absolute atomic E-state index is 12.8. The lowest BCUT2D eigenvalue weighted by molar-refractivity contribution is 0.0487. The number of carbonyl (C=O) groups excluding carboxylic acids is 1. The molecule has 0 bridgehead atoms. The summed E-state index contributed by atoms with van der Waals surface area (Å²) >= 11 is 1.49. The van der Waals surface area contributed by atoms with E-state index in [2.05, 4.69) is 22.2 Å². The number of carbonyl (C=O) groups is 1. The van der Waals surface area contributed by atoms with E-state index in [1.165, 1.54) is 29.0 Å². The zero-order chi connectivity index (χ0) is 22.4. The van der Waals surface area contributed by atoms with Crippen LogP contribution < -0.4 is 10.0 Å². The van der Waals surface area contributed by atoms with Gasteiger partial charge in [0.25, 0.3) is 5.91 Å². The maximum atomic E-state index is 12.8. The fraction of sp³-hybridized carbons (Fsp3) is 0.292. The number of thiophene rings is 1. The molecule has 3 aromatic rings. The summed E-state index contributed by atoms with van der Waals surface area (Å²) in [4.78, 5) is 13.9. The lowest BCUT2D eigenvalue weighted by Crippen LogP contribution is -2.44. The minimum atomic E-state index is -3.64. The molecule has 8 heteroatoms. The van der Waals surface area contributed by atoms with Crippen molar-refractivity contribution < 1.29 is 17.9 Å². The van der Waals surface area contributed by atoms with Gasteiger partial charge in [0.2, 0.25) is 10.0 Å². The van der Waals surface area contributed by atoms with Crippen LogP contribution in [0.5, 0.6) is 0 Å². The molecule has 1 amide bonds. The Morgan fingerprint density at radius 2 is 1.69 bits per heavy atom. The summed E-state index contributed by atoms with van der Waals surface area (Å²) in [7, 11) is -3.64. The Labute approximate surface area is 192 Å². The average Bonchev–Trinajstić information content (AvgIpc) is 3.36. The molecule has 2 N–H and O–H groups in total. The third-order valence-electron chi connectivity index (χ3n) is 5.87. The number of benzene rings is 2. The van der Waals surface area contributed by atoms with E-state index in [-0.39, 0.29) is 22.8 Å². The SMILES string of the molecule is O=C(NCC1(c2ccccc2)CCOCC1)c1ccc(S(=O)(=O)NCc2cccs2)cc1. The second-order valence-electron chi connectivity index (χ2n) is 7.87. The molecule has 1 aromatic heterocycles. The second-order valence-corrected chi connectivity index (χ2v) is 10.7. The van der Waals surface area contributed by atoms with Crippen molar-refractivity contribution in [2.24, 2.45) is 0 Å². The summed E-state index contributed by atoms with van der Waals surface area (Å²) in [6, 6.07) is 20.0. The fourth-order valence-electron chi connectivity index (χ4n) is 3.92. The Morgan fingerprint density at radius 1 is 0.969 bits per heavy atom. The third-order valence-corrected chi connectivity index (χ3v) is 8.16. The largest absolute Gasteiger partial charge is 0.381 e. The predicted octanol–water partition coefficient (Wildman–Crippen LogP) is 3.70. The van der Waals surface area contributed by atoms with Gasteiger partial charge in [0.1, 0.15) is 0 Å². The third kappa shape index (κ3) is 5.27. The van der Waals surface area contributed by atoms with E-state index in [0.29, 0.717) is 25.3 Å². The lowest BCUT2D eigenvalue weighted by Gasteiger charge is -2.38. The highest BCUT2D eigenvalue weighted by Crippen LogP contribution is 2.34. The van der Waals surface area contributed by atoms with E-state index >= 15 is 0 Å². The monoisotopic (exact) mass is 470 g/mol. The number of hydrogen-bond donors (Lipinski definition) is 2. The molecule has 2 aromatic carbocycles. The highest BCUT2D eigenvalue weighted by molar-refractivity contribution is 7.89. The Morgan fingerprint density at radius 3 is 2.34 bits per heavy atom. The number of amides is 1. The minimum absolute atomic E-state index is 0.135. The van der Waals surface area contributed by atoms with Crippen molar-refractivity contribution >= 4 is 27.3 Å². The van der Waals surface area contributed by atoms with Gasteiger partial charge in [0, 0.05) is 42.2 Å². The topological polar surface area (TPSA) is 84.5 Å². The molecule has 1 saturated heterocycles. The number of nitrogens with one attached hydrogen (secondary N) is 2. The first-order valence-electron chi connectivity index (χ1n) is 10.5. The Bertz CT molecular complexity index is 1120. The summed E-state index contributed by atoms with van der Waals surface area (Å²) in [6.07, 6.45) is 1.68. The Hall–Kier alpha value is -2.52. The summed E-state index contributed by atoms with van der Waals surface area (Å²) in [5, 5.41) is 4.95. The molecule has 0 saturated carbocycles. The van der Waals surface area contributed by atoms with Gasteiger partial charge in [-0.1, -0.05) is 36.4 Å². The highest BCUT2D eigenvalue weighted by Gasteiger charge is 2.34. The van der Waals surface area contributed by atoms with Crippen LogP contribution in [0.3, 0.4) is 0 Å². The van der Waals surface area contributed by atoms with E-state index < -0.39 is 10.0 Å². The van der Waals surface area contributed by atoms with E-state index in [1.807, 2.05) is 35.7 Å². The molecule has 0 aliphatic carbocycles. The molecule has 0 radical (unpaired) electrons. The van der Waals surface area contributed by atoms with Crippen molar-refractivity contribution in [1.82, 2.24) is 10.0 Å². The molecule has 32 heavy (non-hydrogen) atoms. The summed E-state index contributed by atoms with van der Waals surface area (Å²) in [5.74, 6) is -0.220. The second kappa shape index (κ2) is 9.95. The average molecular weight is 471 g/mol. The van der Waals surface area contributed by atoms with E-state index in [4.69, 9.17) is 4.74 Å². The lowest BCUT2D eigenvalue weighted by atomic mass is 9.74. The number of hydrogen-bond acceptors (Lipinski definition) is 5. The van der Waals surface area contributed by atoms with Crippen LogP contribution >= 0.6 is 11.3 Å². The number of rotatable bonds is 8. The standard InChI is InChI=1S/C24H26N2O4S2/c27-23(25-18-24(12-14-30-15-13-24)20-5-2-1-3-6-20)19-8-10-22(11-9-19)32(28,29)26-17-21-7-4-16-31-21/h1-11,16,26H,12-15,17-18H2,(H,25,27). The van der Waals surface area contributed by atoms with E-state index in [0.717, 1.165) is 17.7 Å². The molecular formula is C24H26N2O4S2. The van der Waals surface area contributed by atoms with E-state index in [1.54, 1.807) is 12.1 Å². The Kier molecular flexibility index (Phi) is 7.05. The van der Waals surface area contributed by atoms with Crippen LogP contribution in [-0.4, -0.2) is 34.1 Å². The van der Waals surface area contributed by atoms with Crippen molar-refractivity contribution in [3.63, 3.8) is 0 Å². The van der Waals surface area contributed by atoms with Crippen molar-refractivity contribution in [2.45, 2.75) is 29.7 Å². The van der Waals surface area contributed by atoms with Gasteiger partial charge in [0.05, 0.1) is 4.90 Å². The van der Waals surface area contributed by atoms with Crippen LogP contribution in [0.1, 0.15) is 33.6 Å². The normalized spacial score (nSPS) is 15.9. The predicted molar refractivity (Wildman–Crippen MR) is 125 cm³/mol. The molecule has 2 heterocycles. The van der Waals surface area contributed by atoms with Gasteiger partial charge in [0.15, 0.2) is 0 Å². The van der Waals surface area contributed by atoms with Crippen LogP contribution in [0.4, 0.5) is 0 Å². The van der Waals surface area contributed by atoms with Crippen molar-refractivity contribution in [2.75, 3.05) is 19.8 Å². The van der Waals surface area contributed by atoms with Crippen LogP contribution in [-0.2, 0) is 26.7 Å². The van der Waals surface area contributed by atoms with Crippen LogP contribution in [0.15, 0.2) is 77.0 Å². The minimum Gasteiger partial charge on any atom is -0.381 e. The number of sulfonamides is 1. The summed E-state index contributed by atoms with van der Waals surface area (Å²) in [5.41, 5.74) is 1.46. The smallest absolute Gasteiger partial charge is 0.251 e. The van der Waals surface area contributed by atoms with Gasteiger partial charge in [-0.25, -0.2) is 13.1 Å². The molecular weight excluding hydrogens is 444 g/mol. The molecule has 0 spiro atoms. The van der Waals surface area contributed by atoms with Gasteiger partial charge in [-0.2, -0.15) is 0 Å². The molecule has 1 aliphatic rings. The zero-order valence-electron chi connectivity index (χ0n) is 17.6.